The first-order chi connectivity index (χ1) is 8.40. The van der Waals surface area contributed by atoms with E-state index in [1.165, 1.54) is 0 Å². The SMILES string of the molecule is NN=NC(=Nc1ccccc1)N1CCNCC1. The number of piperazine rings is 1. The van der Waals surface area contributed by atoms with Crippen LogP contribution in [-0.2, 0) is 0 Å². The molecule has 0 aromatic heterocycles. The molecule has 90 valence electrons. The molecule has 6 heteroatoms. The van der Waals surface area contributed by atoms with Gasteiger partial charge in [0.25, 0.3) is 0 Å². The minimum atomic E-state index is 0.570. The smallest absolute Gasteiger partial charge is 0.247 e. The summed E-state index contributed by atoms with van der Waals surface area (Å²) in [6, 6.07) is 9.68. The Morgan fingerprint density at radius 2 is 1.88 bits per heavy atom. The van der Waals surface area contributed by atoms with E-state index in [0.717, 1.165) is 31.9 Å². The molecule has 1 saturated heterocycles. The second kappa shape index (κ2) is 5.95. The molecule has 0 atom stereocenters. The summed E-state index contributed by atoms with van der Waals surface area (Å²) in [6.45, 7) is 3.58. The quantitative estimate of drug-likeness (QED) is 0.248. The van der Waals surface area contributed by atoms with Crippen LogP contribution in [0.4, 0.5) is 5.69 Å². The van der Waals surface area contributed by atoms with Crippen LogP contribution in [-0.4, -0.2) is 37.0 Å². The number of nitrogens with one attached hydrogen (secondary N) is 1. The molecule has 0 unspecified atom stereocenters. The van der Waals surface area contributed by atoms with Gasteiger partial charge in [-0.15, -0.1) is 0 Å². The monoisotopic (exact) mass is 232 g/mol. The lowest BCUT2D eigenvalue weighted by Crippen LogP contribution is -2.45. The Morgan fingerprint density at radius 3 is 2.53 bits per heavy atom. The number of hydrogen-bond acceptors (Lipinski definition) is 3. The van der Waals surface area contributed by atoms with Gasteiger partial charge in [-0.2, -0.15) is 0 Å². The van der Waals surface area contributed by atoms with Crippen molar-refractivity contribution >= 4 is 11.6 Å². The van der Waals surface area contributed by atoms with Gasteiger partial charge in [0.15, 0.2) is 0 Å². The molecule has 1 aromatic rings. The summed E-state index contributed by atoms with van der Waals surface area (Å²) >= 11 is 0. The van der Waals surface area contributed by atoms with E-state index in [9.17, 15) is 0 Å². The largest absolute Gasteiger partial charge is 0.337 e. The number of nitrogens with zero attached hydrogens (tertiary/aromatic N) is 4. The molecule has 1 aromatic carbocycles. The average Bonchev–Trinajstić information content (AvgIpc) is 2.40. The molecule has 2 rings (SSSR count). The summed E-state index contributed by atoms with van der Waals surface area (Å²) in [6.07, 6.45) is 0. The molecule has 0 bridgehead atoms. The van der Waals surface area contributed by atoms with E-state index in [4.69, 9.17) is 5.84 Å². The van der Waals surface area contributed by atoms with Gasteiger partial charge in [0, 0.05) is 26.2 Å². The fraction of sp³-hybridized carbons (Fsp3) is 0.364. The molecule has 0 spiro atoms. The molecule has 1 aliphatic rings. The van der Waals surface area contributed by atoms with Crippen LogP contribution in [0.1, 0.15) is 0 Å². The Hall–Kier alpha value is -1.95. The van der Waals surface area contributed by atoms with E-state index in [1.54, 1.807) is 0 Å². The Bertz CT molecular complexity index is 394. The number of nitrogens with two attached hydrogens (primary N) is 1. The van der Waals surface area contributed by atoms with Crippen molar-refractivity contribution in [3.63, 3.8) is 0 Å². The highest BCUT2D eigenvalue weighted by atomic mass is 15.4. The molecular weight excluding hydrogens is 216 g/mol. The van der Waals surface area contributed by atoms with Crippen LogP contribution in [0.3, 0.4) is 0 Å². The van der Waals surface area contributed by atoms with Gasteiger partial charge >= 0.3 is 0 Å². The minimum Gasteiger partial charge on any atom is -0.337 e. The first-order valence-electron chi connectivity index (χ1n) is 5.60. The van der Waals surface area contributed by atoms with E-state index in [0.29, 0.717) is 5.96 Å². The van der Waals surface area contributed by atoms with Crippen molar-refractivity contribution < 1.29 is 0 Å². The molecule has 0 radical (unpaired) electrons. The van der Waals surface area contributed by atoms with Crippen molar-refractivity contribution in [3.05, 3.63) is 30.3 Å². The lowest BCUT2D eigenvalue weighted by Gasteiger charge is -2.27. The first-order valence-corrected chi connectivity index (χ1v) is 5.60. The van der Waals surface area contributed by atoms with E-state index in [1.807, 2.05) is 30.3 Å². The number of aliphatic imine (C=N–C) groups is 1. The third-order valence-electron chi connectivity index (χ3n) is 2.53. The van der Waals surface area contributed by atoms with E-state index in [-0.39, 0.29) is 0 Å². The van der Waals surface area contributed by atoms with Gasteiger partial charge in [-0.1, -0.05) is 28.5 Å². The van der Waals surface area contributed by atoms with Crippen LogP contribution >= 0.6 is 0 Å². The van der Waals surface area contributed by atoms with Crippen molar-refractivity contribution in [2.75, 3.05) is 26.2 Å². The number of hydrogen-bond donors (Lipinski definition) is 2. The summed E-state index contributed by atoms with van der Waals surface area (Å²) in [5.41, 5.74) is 0.855. The van der Waals surface area contributed by atoms with E-state index >= 15 is 0 Å². The number of benzene rings is 1. The predicted octanol–water partition coefficient (Wildman–Crippen LogP) is 0.905. The summed E-state index contributed by atoms with van der Waals surface area (Å²) in [7, 11) is 0. The van der Waals surface area contributed by atoms with Crippen LogP contribution in [0, 0.1) is 0 Å². The van der Waals surface area contributed by atoms with Gasteiger partial charge in [-0.25, -0.2) is 4.99 Å². The second-order valence-corrected chi connectivity index (χ2v) is 3.70. The van der Waals surface area contributed by atoms with Crippen LogP contribution in [0.2, 0.25) is 0 Å². The van der Waals surface area contributed by atoms with E-state index in [2.05, 4.69) is 25.5 Å². The zero-order valence-electron chi connectivity index (χ0n) is 9.58. The summed E-state index contributed by atoms with van der Waals surface area (Å²) in [5, 5.41) is 10.5. The standard InChI is InChI=1S/C11H16N6/c12-16-15-11(17-8-6-13-7-9-17)14-10-4-2-1-3-5-10/h1-5,13H,6-9H2,(H2,12,14,15). The molecule has 1 fully saturated rings. The maximum atomic E-state index is 5.12. The topological polar surface area (TPSA) is 78.4 Å². The Morgan fingerprint density at radius 1 is 1.18 bits per heavy atom. The Labute approximate surface area is 100 Å². The van der Waals surface area contributed by atoms with Crippen LogP contribution in [0.25, 0.3) is 0 Å². The fourth-order valence-electron chi connectivity index (χ4n) is 1.69. The summed E-state index contributed by atoms with van der Waals surface area (Å²) < 4.78 is 0. The number of rotatable bonds is 1. The summed E-state index contributed by atoms with van der Waals surface area (Å²) in [5.74, 6) is 5.69. The van der Waals surface area contributed by atoms with Crippen molar-refractivity contribution in [1.82, 2.24) is 10.2 Å². The first kappa shape index (κ1) is 11.5. The van der Waals surface area contributed by atoms with Crippen LogP contribution in [0.5, 0.6) is 0 Å². The fourth-order valence-corrected chi connectivity index (χ4v) is 1.69. The van der Waals surface area contributed by atoms with Crippen molar-refractivity contribution in [3.8, 4) is 0 Å². The third-order valence-corrected chi connectivity index (χ3v) is 2.53. The maximum Gasteiger partial charge on any atom is 0.247 e. The molecule has 0 amide bonds. The van der Waals surface area contributed by atoms with Crippen LogP contribution < -0.4 is 11.2 Å². The molecule has 0 saturated carbocycles. The lowest BCUT2D eigenvalue weighted by molar-refractivity contribution is 0.353. The number of para-hydroxylation sites is 1. The normalized spacial score (nSPS) is 17.6. The number of guanidine groups is 1. The maximum absolute atomic E-state index is 5.12. The van der Waals surface area contributed by atoms with Crippen molar-refractivity contribution in [2.24, 2.45) is 21.2 Å². The van der Waals surface area contributed by atoms with Gasteiger partial charge in [0.1, 0.15) is 0 Å². The Balaban J connectivity index is 2.19. The van der Waals surface area contributed by atoms with Gasteiger partial charge in [0.2, 0.25) is 5.96 Å². The molecule has 6 nitrogen and oxygen atoms in total. The van der Waals surface area contributed by atoms with Crippen molar-refractivity contribution in [1.29, 1.82) is 0 Å². The second-order valence-electron chi connectivity index (χ2n) is 3.70. The highest BCUT2D eigenvalue weighted by molar-refractivity contribution is 5.83. The Kier molecular flexibility index (Phi) is 4.04. The molecule has 3 N–H and O–H groups in total. The lowest BCUT2D eigenvalue weighted by atomic mass is 10.3. The zero-order chi connectivity index (χ0) is 11.9. The minimum absolute atomic E-state index is 0.570. The van der Waals surface area contributed by atoms with Gasteiger partial charge in [-0.05, 0) is 12.1 Å². The molecule has 0 aliphatic carbocycles. The third kappa shape index (κ3) is 3.25. The molecular formula is C11H16N6. The molecule has 1 heterocycles. The predicted molar refractivity (Wildman–Crippen MR) is 67.0 cm³/mol. The summed E-state index contributed by atoms with van der Waals surface area (Å²) in [4.78, 5) is 6.52. The van der Waals surface area contributed by atoms with Gasteiger partial charge < -0.3 is 16.1 Å². The van der Waals surface area contributed by atoms with Gasteiger partial charge in [0.05, 0.1) is 5.69 Å². The van der Waals surface area contributed by atoms with E-state index < -0.39 is 0 Å². The molecule has 1 aliphatic heterocycles. The van der Waals surface area contributed by atoms with Crippen LogP contribution in [0.15, 0.2) is 45.7 Å². The highest BCUT2D eigenvalue weighted by Crippen LogP contribution is 2.12. The zero-order valence-corrected chi connectivity index (χ0v) is 9.58. The van der Waals surface area contributed by atoms with Crippen molar-refractivity contribution in [2.45, 2.75) is 0 Å². The average molecular weight is 232 g/mol. The van der Waals surface area contributed by atoms with Gasteiger partial charge in [-0.3, -0.25) is 0 Å². The highest BCUT2D eigenvalue weighted by Gasteiger charge is 2.14. The molecule has 17 heavy (non-hydrogen) atoms.